The highest BCUT2D eigenvalue weighted by atomic mass is 16.5. The van der Waals surface area contributed by atoms with E-state index in [1.165, 1.54) is 9.13 Å². The fourth-order valence-electron chi connectivity index (χ4n) is 2.27. The van der Waals surface area contributed by atoms with Gasteiger partial charge in [-0.1, -0.05) is 0 Å². The normalized spacial score (nSPS) is 26.8. The second kappa shape index (κ2) is 3.29. The first kappa shape index (κ1) is 9.80. The van der Waals surface area contributed by atoms with E-state index in [0.717, 1.165) is 12.8 Å². The molecule has 6 nitrogen and oxygen atoms in total. The number of ether oxygens (including phenoxy) is 1. The van der Waals surface area contributed by atoms with Crippen LogP contribution in [0.4, 0.5) is 0 Å². The molecule has 1 aromatic rings. The third kappa shape index (κ3) is 1.20. The Labute approximate surface area is 90.7 Å². The Kier molecular flexibility index (Phi) is 2.02. The molecule has 16 heavy (non-hydrogen) atoms. The van der Waals surface area contributed by atoms with Gasteiger partial charge in [-0.15, -0.1) is 0 Å². The summed E-state index contributed by atoms with van der Waals surface area (Å²) in [6.45, 7) is 0.335. The molecule has 1 fully saturated rings. The predicted molar refractivity (Wildman–Crippen MR) is 54.3 cm³/mol. The summed E-state index contributed by atoms with van der Waals surface area (Å²) in [4.78, 5) is 23.1. The molecule has 3 aliphatic rings. The molecule has 1 saturated heterocycles. The molecule has 1 aromatic heterocycles. The first-order chi connectivity index (χ1) is 7.70. The van der Waals surface area contributed by atoms with Crippen LogP contribution in [0.5, 0.6) is 0 Å². The zero-order chi connectivity index (χ0) is 11.3. The van der Waals surface area contributed by atoms with Crippen LogP contribution in [0.15, 0.2) is 15.8 Å². The molecule has 0 aromatic carbocycles. The molecule has 0 aliphatic carbocycles. The van der Waals surface area contributed by atoms with E-state index in [0.29, 0.717) is 12.2 Å². The van der Waals surface area contributed by atoms with Crippen molar-refractivity contribution >= 4 is 0 Å². The van der Waals surface area contributed by atoms with Crippen molar-refractivity contribution in [2.45, 2.75) is 31.7 Å². The average Bonchev–Trinajstić information content (AvgIpc) is 2.76. The largest absolute Gasteiger partial charge is 0.394 e. The quantitative estimate of drug-likeness (QED) is 0.713. The van der Waals surface area contributed by atoms with Crippen LogP contribution in [-0.2, 0) is 11.4 Å². The Balaban J connectivity index is 1.96. The summed E-state index contributed by atoms with van der Waals surface area (Å²) in [5.74, 6) is 0. The third-order valence-electron chi connectivity index (χ3n) is 3.22. The Morgan fingerprint density at radius 3 is 2.81 bits per heavy atom. The number of hydrogen-bond acceptors (Lipinski definition) is 4. The number of nitrogens with zero attached hydrogens (tertiary/aromatic N) is 2. The predicted octanol–water partition coefficient (Wildman–Crippen LogP) is -0.958. The summed E-state index contributed by atoms with van der Waals surface area (Å²) >= 11 is 0. The highest BCUT2D eigenvalue weighted by Gasteiger charge is 2.31. The number of aliphatic hydroxyl groups excluding tert-OH is 1. The van der Waals surface area contributed by atoms with Crippen LogP contribution in [-0.4, -0.2) is 27.0 Å². The second-order valence-electron chi connectivity index (χ2n) is 4.22. The highest BCUT2D eigenvalue weighted by molar-refractivity contribution is 5.14. The van der Waals surface area contributed by atoms with Crippen molar-refractivity contribution in [2.24, 2.45) is 0 Å². The highest BCUT2D eigenvalue weighted by Crippen LogP contribution is 2.30. The SMILES string of the molecule is O=c1c([C@@H]2CCC(CO)O2)cn2c(=O)n1C2. The molecule has 1 N–H and O–H groups in total. The van der Waals surface area contributed by atoms with Gasteiger partial charge in [0.15, 0.2) is 0 Å². The van der Waals surface area contributed by atoms with Gasteiger partial charge in [-0.05, 0) is 12.8 Å². The maximum atomic E-state index is 11.8. The van der Waals surface area contributed by atoms with Gasteiger partial charge in [0.1, 0.15) is 6.67 Å². The van der Waals surface area contributed by atoms with Crippen LogP contribution in [0.3, 0.4) is 0 Å². The molecular formula is C10H12N2O4. The van der Waals surface area contributed by atoms with E-state index in [1.54, 1.807) is 6.20 Å². The summed E-state index contributed by atoms with van der Waals surface area (Å²) in [5, 5.41) is 8.95. The molecular weight excluding hydrogens is 212 g/mol. The summed E-state index contributed by atoms with van der Waals surface area (Å²) in [6.07, 6.45) is 2.59. The standard InChI is InChI=1S/C10H12N2O4/c13-4-6-1-2-8(16-6)7-3-11-5-12(9(7)14)10(11)15/h3,6,8,13H,1-2,4-5H2/t6?,8-/m0/s1. The van der Waals surface area contributed by atoms with Gasteiger partial charge in [0.05, 0.1) is 24.4 Å². The van der Waals surface area contributed by atoms with Crippen LogP contribution in [0.1, 0.15) is 24.5 Å². The van der Waals surface area contributed by atoms with Crippen molar-refractivity contribution < 1.29 is 9.84 Å². The van der Waals surface area contributed by atoms with Crippen molar-refractivity contribution in [1.29, 1.82) is 0 Å². The lowest BCUT2D eigenvalue weighted by molar-refractivity contribution is 0.00931. The Bertz CT molecular complexity index is 545. The minimum absolute atomic E-state index is 0.0235. The number of aliphatic hydroxyl groups is 1. The van der Waals surface area contributed by atoms with Gasteiger partial charge >= 0.3 is 5.69 Å². The van der Waals surface area contributed by atoms with Gasteiger partial charge in [0.2, 0.25) is 0 Å². The maximum Gasteiger partial charge on any atom is 0.334 e. The molecule has 86 valence electrons. The van der Waals surface area contributed by atoms with Crippen LogP contribution in [0.25, 0.3) is 0 Å². The van der Waals surface area contributed by atoms with Gasteiger partial charge in [-0.3, -0.25) is 9.36 Å². The first-order valence-corrected chi connectivity index (χ1v) is 5.31. The zero-order valence-corrected chi connectivity index (χ0v) is 8.63. The van der Waals surface area contributed by atoms with Gasteiger partial charge < -0.3 is 9.84 Å². The summed E-state index contributed by atoms with van der Waals surface area (Å²) in [5.41, 5.74) is 0.0170. The molecule has 1 unspecified atom stereocenters. The lowest BCUT2D eigenvalue weighted by atomic mass is 10.1. The molecule has 3 aliphatic heterocycles. The molecule has 0 saturated carbocycles. The van der Waals surface area contributed by atoms with Gasteiger partial charge in [0, 0.05) is 6.20 Å². The minimum atomic E-state index is -0.275. The fraction of sp³-hybridized carbons (Fsp3) is 0.600. The smallest absolute Gasteiger partial charge is 0.334 e. The summed E-state index contributed by atoms with van der Waals surface area (Å²) in [7, 11) is 0. The van der Waals surface area contributed by atoms with Gasteiger partial charge in [-0.2, -0.15) is 0 Å². The van der Waals surface area contributed by atoms with Crippen LogP contribution in [0.2, 0.25) is 0 Å². The number of rotatable bonds is 2. The van der Waals surface area contributed by atoms with Crippen molar-refractivity contribution in [3.63, 3.8) is 0 Å². The van der Waals surface area contributed by atoms with Crippen molar-refractivity contribution in [2.75, 3.05) is 6.61 Å². The molecule has 4 rings (SSSR count). The summed E-state index contributed by atoms with van der Waals surface area (Å²) < 4.78 is 8.21. The lowest BCUT2D eigenvalue weighted by Crippen LogP contribution is -2.53. The molecule has 6 heteroatoms. The monoisotopic (exact) mass is 224 g/mol. The van der Waals surface area contributed by atoms with Crippen molar-refractivity contribution in [3.05, 3.63) is 32.6 Å². The van der Waals surface area contributed by atoms with E-state index in [-0.39, 0.29) is 30.1 Å². The third-order valence-corrected chi connectivity index (χ3v) is 3.22. The number of fused-ring (bicyclic) bond motifs is 2. The molecule has 2 atom stereocenters. The van der Waals surface area contributed by atoms with E-state index >= 15 is 0 Å². The van der Waals surface area contributed by atoms with Gasteiger partial charge in [-0.25, -0.2) is 9.36 Å². The topological polar surface area (TPSA) is 73.5 Å². The second-order valence-corrected chi connectivity index (χ2v) is 4.22. The van der Waals surface area contributed by atoms with E-state index < -0.39 is 0 Å². The Morgan fingerprint density at radius 1 is 1.44 bits per heavy atom. The Morgan fingerprint density at radius 2 is 2.25 bits per heavy atom. The molecule has 0 amide bonds. The number of aromatic nitrogens is 2. The van der Waals surface area contributed by atoms with Crippen LogP contribution in [0, 0.1) is 0 Å². The average molecular weight is 224 g/mol. The van der Waals surface area contributed by atoms with E-state index in [4.69, 9.17) is 9.84 Å². The first-order valence-electron chi connectivity index (χ1n) is 5.31. The van der Waals surface area contributed by atoms with Crippen LogP contribution >= 0.6 is 0 Å². The van der Waals surface area contributed by atoms with Crippen molar-refractivity contribution in [3.8, 4) is 0 Å². The zero-order valence-electron chi connectivity index (χ0n) is 8.63. The van der Waals surface area contributed by atoms with Gasteiger partial charge in [0.25, 0.3) is 5.56 Å². The molecule has 0 radical (unpaired) electrons. The van der Waals surface area contributed by atoms with E-state index in [1.807, 2.05) is 0 Å². The number of hydrogen-bond donors (Lipinski definition) is 1. The molecule has 2 bridgehead atoms. The van der Waals surface area contributed by atoms with Crippen molar-refractivity contribution in [1.82, 2.24) is 9.13 Å². The minimum Gasteiger partial charge on any atom is -0.394 e. The van der Waals surface area contributed by atoms with Crippen LogP contribution < -0.4 is 11.2 Å². The van der Waals surface area contributed by atoms with E-state index in [2.05, 4.69) is 0 Å². The lowest BCUT2D eigenvalue weighted by Gasteiger charge is -2.22. The Hall–Kier alpha value is -1.40. The molecule has 0 spiro atoms. The molecule has 4 heterocycles. The fourth-order valence-corrected chi connectivity index (χ4v) is 2.27. The van der Waals surface area contributed by atoms with E-state index in [9.17, 15) is 9.59 Å². The summed E-state index contributed by atoms with van der Waals surface area (Å²) in [6, 6.07) is 0. The maximum absolute atomic E-state index is 11.8.